The van der Waals surface area contributed by atoms with Crippen LogP contribution in [0.3, 0.4) is 0 Å². The number of aromatic nitrogens is 2. The Morgan fingerprint density at radius 1 is 1.05 bits per heavy atom. The van der Waals surface area contributed by atoms with Crippen molar-refractivity contribution in [3.8, 4) is 0 Å². The van der Waals surface area contributed by atoms with Crippen molar-refractivity contribution in [3.63, 3.8) is 0 Å². The van der Waals surface area contributed by atoms with Gasteiger partial charge in [0.15, 0.2) is 5.82 Å². The minimum absolute atomic E-state index is 0.367. The van der Waals surface area contributed by atoms with Gasteiger partial charge in [0.05, 0.1) is 22.9 Å². The van der Waals surface area contributed by atoms with E-state index in [1.54, 1.807) is 6.20 Å². The summed E-state index contributed by atoms with van der Waals surface area (Å²) in [6.07, 6.45) is 1.75. The van der Waals surface area contributed by atoms with E-state index in [0.29, 0.717) is 4.99 Å². The van der Waals surface area contributed by atoms with E-state index < -0.39 is 0 Å². The Morgan fingerprint density at radius 3 is 2.48 bits per heavy atom. The molecule has 3 rings (SSSR count). The van der Waals surface area contributed by atoms with E-state index in [1.807, 2.05) is 60.5 Å². The van der Waals surface area contributed by atoms with Crippen LogP contribution in [0, 0.1) is 0 Å². The van der Waals surface area contributed by atoms with E-state index in [-0.39, 0.29) is 0 Å². The summed E-state index contributed by atoms with van der Waals surface area (Å²) >= 11 is 5.11. The van der Waals surface area contributed by atoms with Crippen molar-refractivity contribution in [2.24, 2.45) is 5.73 Å². The number of fused-ring (bicyclic) bond motifs is 1. The average molecular weight is 294 g/mol. The molecule has 0 radical (unpaired) electrons. The third kappa shape index (κ3) is 2.55. The number of thiocarbonyl (C=S) groups is 1. The maximum atomic E-state index is 5.79. The van der Waals surface area contributed by atoms with Crippen molar-refractivity contribution in [2.75, 3.05) is 11.9 Å². The normalized spacial score (nSPS) is 10.5. The van der Waals surface area contributed by atoms with E-state index in [4.69, 9.17) is 18.0 Å². The van der Waals surface area contributed by atoms with Crippen LogP contribution in [0.2, 0.25) is 0 Å². The lowest BCUT2D eigenvalue weighted by Gasteiger charge is -2.21. The first-order chi connectivity index (χ1) is 10.2. The first-order valence-electron chi connectivity index (χ1n) is 6.51. The molecule has 2 aromatic carbocycles. The minimum Gasteiger partial charge on any atom is -0.389 e. The molecular weight excluding hydrogens is 280 g/mol. The topological polar surface area (TPSA) is 55.0 Å². The Hall–Kier alpha value is -2.53. The summed E-state index contributed by atoms with van der Waals surface area (Å²) in [5.41, 5.74) is 9.25. The molecule has 3 aromatic rings. The maximum Gasteiger partial charge on any atom is 0.152 e. The van der Waals surface area contributed by atoms with E-state index in [1.165, 1.54) is 0 Å². The number of rotatable bonds is 3. The van der Waals surface area contributed by atoms with Gasteiger partial charge < -0.3 is 10.6 Å². The van der Waals surface area contributed by atoms with Crippen LogP contribution in [0.15, 0.2) is 54.7 Å². The first kappa shape index (κ1) is 13.5. The van der Waals surface area contributed by atoms with Crippen molar-refractivity contribution < 1.29 is 0 Å². The van der Waals surface area contributed by atoms with Gasteiger partial charge in [0.2, 0.25) is 0 Å². The van der Waals surface area contributed by atoms with Crippen molar-refractivity contribution in [1.82, 2.24) is 9.97 Å². The summed E-state index contributed by atoms with van der Waals surface area (Å²) in [5.74, 6) is 0.748. The molecule has 0 bridgehead atoms. The molecule has 0 unspecified atom stereocenters. The molecule has 104 valence electrons. The molecule has 0 amide bonds. The number of benzene rings is 2. The molecule has 5 heteroatoms. The molecule has 0 aliphatic carbocycles. The minimum atomic E-state index is 0.367. The molecule has 21 heavy (non-hydrogen) atoms. The fraction of sp³-hybridized carbons (Fsp3) is 0.0625. The van der Waals surface area contributed by atoms with E-state index in [9.17, 15) is 0 Å². The summed E-state index contributed by atoms with van der Waals surface area (Å²) in [6.45, 7) is 0. The van der Waals surface area contributed by atoms with Gasteiger partial charge in [-0.3, -0.25) is 4.98 Å². The summed E-state index contributed by atoms with van der Waals surface area (Å²) in [4.78, 5) is 11.4. The zero-order chi connectivity index (χ0) is 14.8. The molecule has 2 N–H and O–H groups in total. The Kier molecular flexibility index (Phi) is 3.50. The molecule has 0 aliphatic rings. The molecular formula is C16H14N4S. The van der Waals surface area contributed by atoms with Crippen molar-refractivity contribution in [3.05, 3.63) is 60.3 Å². The Balaban J connectivity index is 2.08. The van der Waals surface area contributed by atoms with Crippen LogP contribution in [-0.2, 0) is 0 Å². The number of hydrogen-bond donors (Lipinski definition) is 1. The molecule has 1 aromatic heterocycles. The number of nitrogens with zero attached hydrogens (tertiary/aromatic N) is 3. The highest BCUT2D eigenvalue weighted by Crippen LogP contribution is 2.26. The first-order valence-corrected chi connectivity index (χ1v) is 6.92. The highest BCUT2D eigenvalue weighted by atomic mass is 32.1. The van der Waals surface area contributed by atoms with Gasteiger partial charge in [-0.1, -0.05) is 36.5 Å². The van der Waals surface area contributed by atoms with Gasteiger partial charge in [-0.2, -0.15) is 0 Å². The second-order valence-corrected chi connectivity index (χ2v) is 5.10. The maximum absolute atomic E-state index is 5.79. The van der Waals surface area contributed by atoms with Crippen LogP contribution in [0.4, 0.5) is 11.5 Å². The number of para-hydroxylation sites is 3. The second-order valence-electron chi connectivity index (χ2n) is 4.66. The lowest BCUT2D eigenvalue weighted by Crippen LogP contribution is -2.18. The van der Waals surface area contributed by atoms with Crippen LogP contribution in [0.25, 0.3) is 11.0 Å². The third-order valence-corrected chi connectivity index (χ3v) is 3.53. The van der Waals surface area contributed by atoms with Gasteiger partial charge in [0.1, 0.15) is 4.99 Å². The smallest absolute Gasteiger partial charge is 0.152 e. The summed E-state index contributed by atoms with van der Waals surface area (Å²) < 4.78 is 0. The van der Waals surface area contributed by atoms with Gasteiger partial charge >= 0.3 is 0 Å². The standard InChI is InChI=1S/C16H14N4S/c1-20(14-9-5-2-6-11(14)16(17)21)15-10-18-12-7-3-4-8-13(12)19-15/h2-10H,1H3,(H2,17,21). The lowest BCUT2D eigenvalue weighted by molar-refractivity contribution is 1.12. The fourth-order valence-electron chi connectivity index (χ4n) is 2.21. The van der Waals surface area contributed by atoms with Gasteiger partial charge in [0, 0.05) is 12.6 Å². The van der Waals surface area contributed by atoms with E-state index in [0.717, 1.165) is 28.1 Å². The van der Waals surface area contributed by atoms with Gasteiger partial charge in [-0.15, -0.1) is 0 Å². The Bertz CT molecular complexity index is 816. The molecule has 4 nitrogen and oxygen atoms in total. The quantitative estimate of drug-likeness (QED) is 0.752. The largest absolute Gasteiger partial charge is 0.389 e. The van der Waals surface area contributed by atoms with Crippen LogP contribution in [0.5, 0.6) is 0 Å². The molecule has 0 fully saturated rings. The van der Waals surface area contributed by atoms with Crippen LogP contribution < -0.4 is 10.6 Å². The molecule has 0 saturated heterocycles. The number of anilines is 2. The van der Waals surface area contributed by atoms with Crippen LogP contribution in [-0.4, -0.2) is 22.0 Å². The average Bonchev–Trinajstić information content (AvgIpc) is 2.53. The third-order valence-electron chi connectivity index (χ3n) is 3.31. The highest BCUT2D eigenvalue weighted by molar-refractivity contribution is 7.80. The zero-order valence-electron chi connectivity index (χ0n) is 11.5. The molecule has 0 atom stereocenters. The van der Waals surface area contributed by atoms with Crippen LogP contribution >= 0.6 is 12.2 Å². The monoisotopic (exact) mass is 294 g/mol. The summed E-state index contributed by atoms with van der Waals surface area (Å²) in [7, 11) is 1.93. The van der Waals surface area contributed by atoms with E-state index >= 15 is 0 Å². The number of nitrogens with two attached hydrogens (primary N) is 1. The van der Waals surface area contributed by atoms with Crippen LogP contribution in [0.1, 0.15) is 5.56 Å². The molecule has 1 heterocycles. The predicted molar refractivity (Wildman–Crippen MR) is 89.9 cm³/mol. The summed E-state index contributed by atoms with van der Waals surface area (Å²) in [6, 6.07) is 15.5. The fourth-order valence-corrected chi connectivity index (χ4v) is 2.38. The predicted octanol–water partition coefficient (Wildman–Crippen LogP) is 3.03. The molecule has 0 aliphatic heterocycles. The van der Waals surface area contributed by atoms with Crippen molar-refractivity contribution in [1.29, 1.82) is 0 Å². The second kappa shape index (κ2) is 5.46. The SMILES string of the molecule is CN(c1cnc2ccccc2n1)c1ccccc1C(N)=S. The van der Waals surface area contributed by atoms with E-state index in [2.05, 4.69) is 9.97 Å². The number of hydrogen-bond acceptors (Lipinski definition) is 4. The molecule has 0 saturated carbocycles. The van der Waals surface area contributed by atoms with Gasteiger partial charge in [-0.05, 0) is 24.3 Å². The van der Waals surface area contributed by atoms with Gasteiger partial charge in [-0.25, -0.2) is 4.98 Å². The lowest BCUT2D eigenvalue weighted by atomic mass is 10.1. The van der Waals surface area contributed by atoms with Crippen molar-refractivity contribution >= 4 is 39.7 Å². The zero-order valence-corrected chi connectivity index (χ0v) is 12.3. The van der Waals surface area contributed by atoms with Gasteiger partial charge in [0.25, 0.3) is 0 Å². The highest BCUT2D eigenvalue weighted by Gasteiger charge is 2.12. The Morgan fingerprint density at radius 2 is 1.71 bits per heavy atom. The van der Waals surface area contributed by atoms with Crippen molar-refractivity contribution in [2.45, 2.75) is 0 Å². The Labute approximate surface area is 128 Å². The summed E-state index contributed by atoms with van der Waals surface area (Å²) in [5, 5.41) is 0. The molecule has 0 spiro atoms.